The van der Waals surface area contributed by atoms with Crippen molar-refractivity contribution in [3.05, 3.63) is 28.9 Å². The first-order valence-electron chi connectivity index (χ1n) is 5.64. The molecule has 0 saturated heterocycles. The van der Waals surface area contributed by atoms with E-state index >= 15 is 0 Å². The molecule has 0 bridgehead atoms. The van der Waals surface area contributed by atoms with E-state index in [0.717, 1.165) is 23.5 Å². The summed E-state index contributed by atoms with van der Waals surface area (Å²) < 4.78 is 2.40. The van der Waals surface area contributed by atoms with Crippen LogP contribution < -0.4 is 0 Å². The fraction of sp³-hybridized carbons (Fsp3) is 0.417. The number of nitrogens with zero attached hydrogens (tertiary/aromatic N) is 3. The van der Waals surface area contributed by atoms with Crippen molar-refractivity contribution >= 4 is 12.2 Å². The van der Waals surface area contributed by atoms with Crippen LogP contribution >= 0.6 is 12.2 Å². The Morgan fingerprint density at radius 1 is 1.47 bits per heavy atom. The molecule has 0 aromatic carbocycles. The molecule has 0 aliphatic carbocycles. The Bertz CT molecular complexity index is 568. The van der Waals surface area contributed by atoms with Gasteiger partial charge in [-0.05, 0) is 12.0 Å². The largest absolute Gasteiger partial charge is 0.343 e. The van der Waals surface area contributed by atoms with Gasteiger partial charge in [-0.25, -0.2) is 4.98 Å². The zero-order chi connectivity index (χ0) is 12.4. The van der Waals surface area contributed by atoms with Gasteiger partial charge < -0.3 is 4.98 Å². The Balaban J connectivity index is 2.41. The van der Waals surface area contributed by atoms with Crippen LogP contribution in [-0.2, 0) is 13.5 Å². The van der Waals surface area contributed by atoms with E-state index in [0.29, 0.717) is 10.6 Å². The number of hydrogen-bond donors (Lipinski definition) is 1. The summed E-state index contributed by atoms with van der Waals surface area (Å²) in [5, 5.41) is 4.16. The molecule has 5 heteroatoms. The van der Waals surface area contributed by atoms with Crippen LogP contribution in [0.25, 0.3) is 11.3 Å². The topological polar surface area (TPSA) is 46.5 Å². The zero-order valence-electron chi connectivity index (χ0n) is 10.3. The molecule has 0 fully saturated rings. The van der Waals surface area contributed by atoms with Crippen LogP contribution in [0.1, 0.15) is 19.7 Å². The maximum atomic E-state index is 5.19. The van der Waals surface area contributed by atoms with E-state index in [1.807, 2.05) is 25.5 Å². The minimum absolute atomic E-state index is 0.553. The van der Waals surface area contributed by atoms with Gasteiger partial charge in [-0.15, -0.1) is 0 Å². The number of aryl methyl sites for hydroxylation is 1. The van der Waals surface area contributed by atoms with Gasteiger partial charge >= 0.3 is 0 Å². The van der Waals surface area contributed by atoms with Crippen LogP contribution in [0, 0.1) is 10.6 Å². The van der Waals surface area contributed by atoms with Gasteiger partial charge in [0.05, 0.1) is 11.9 Å². The minimum atomic E-state index is 0.553. The average Bonchev–Trinajstić information content (AvgIpc) is 2.62. The van der Waals surface area contributed by atoms with Crippen molar-refractivity contribution in [1.82, 2.24) is 19.7 Å². The fourth-order valence-electron chi connectivity index (χ4n) is 1.71. The molecule has 90 valence electrons. The predicted molar refractivity (Wildman–Crippen MR) is 70.2 cm³/mol. The molecule has 0 aliphatic heterocycles. The third kappa shape index (κ3) is 3.00. The van der Waals surface area contributed by atoms with Gasteiger partial charge in [-0.1, -0.05) is 26.1 Å². The number of aromatic amines is 1. The molecule has 0 atom stereocenters. The predicted octanol–water partition coefficient (Wildman–Crippen LogP) is 2.74. The average molecular weight is 248 g/mol. The van der Waals surface area contributed by atoms with Gasteiger partial charge in [-0.3, -0.25) is 4.68 Å². The monoisotopic (exact) mass is 248 g/mol. The van der Waals surface area contributed by atoms with E-state index in [9.17, 15) is 0 Å². The smallest absolute Gasteiger partial charge is 0.130 e. The Hall–Kier alpha value is -1.49. The molecule has 0 spiro atoms. The molecule has 1 N–H and O–H groups in total. The Kier molecular flexibility index (Phi) is 3.38. The molecular weight excluding hydrogens is 232 g/mol. The lowest BCUT2D eigenvalue weighted by atomic mass is 10.1. The van der Waals surface area contributed by atoms with E-state index in [-0.39, 0.29) is 0 Å². The first kappa shape index (κ1) is 12.0. The summed E-state index contributed by atoms with van der Waals surface area (Å²) in [5.74, 6) is 1.49. The van der Waals surface area contributed by atoms with Gasteiger partial charge in [0.1, 0.15) is 10.5 Å². The standard InChI is InChI=1S/C12H16N4S/c1-8(2)4-11-14-10(5-12(17)15-11)9-6-13-16(3)7-9/h5-8H,4H2,1-3H3,(H,14,15,17). The summed E-state index contributed by atoms with van der Waals surface area (Å²) >= 11 is 5.19. The number of aromatic nitrogens is 4. The van der Waals surface area contributed by atoms with E-state index in [1.165, 1.54) is 0 Å². The summed E-state index contributed by atoms with van der Waals surface area (Å²) in [5.41, 5.74) is 2.01. The molecule has 0 aliphatic rings. The summed E-state index contributed by atoms with van der Waals surface area (Å²) in [6, 6.07) is 1.87. The zero-order valence-corrected chi connectivity index (χ0v) is 11.1. The van der Waals surface area contributed by atoms with E-state index in [1.54, 1.807) is 4.68 Å². The highest BCUT2D eigenvalue weighted by Gasteiger charge is 2.05. The van der Waals surface area contributed by atoms with Gasteiger partial charge in [0.15, 0.2) is 0 Å². The van der Waals surface area contributed by atoms with Crippen molar-refractivity contribution in [3.63, 3.8) is 0 Å². The molecule has 17 heavy (non-hydrogen) atoms. The molecule has 2 aromatic rings. The lowest BCUT2D eigenvalue weighted by molar-refractivity contribution is 0.620. The van der Waals surface area contributed by atoms with E-state index in [4.69, 9.17) is 12.2 Å². The van der Waals surface area contributed by atoms with Gasteiger partial charge in [-0.2, -0.15) is 5.10 Å². The van der Waals surface area contributed by atoms with Crippen LogP contribution in [0.5, 0.6) is 0 Å². The highest BCUT2D eigenvalue weighted by atomic mass is 32.1. The lowest BCUT2D eigenvalue weighted by Crippen LogP contribution is -2.01. The highest BCUT2D eigenvalue weighted by Crippen LogP contribution is 2.16. The van der Waals surface area contributed by atoms with Crippen LogP contribution in [0.3, 0.4) is 0 Å². The summed E-state index contributed by atoms with van der Waals surface area (Å²) in [7, 11) is 1.90. The Morgan fingerprint density at radius 2 is 2.24 bits per heavy atom. The molecule has 0 amide bonds. The second-order valence-corrected chi connectivity index (χ2v) is 5.00. The van der Waals surface area contributed by atoms with Crippen molar-refractivity contribution in [2.75, 3.05) is 0 Å². The minimum Gasteiger partial charge on any atom is -0.343 e. The van der Waals surface area contributed by atoms with E-state index < -0.39 is 0 Å². The Labute approximate surface area is 106 Å². The van der Waals surface area contributed by atoms with Crippen LogP contribution in [0.4, 0.5) is 0 Å². The van der Waals surface area contributed by atoms with Gasteiger partial charge in [0, 0.05) is 25.2 Å². The Morgan fingerprint density at radius 3 is 2.82 bits per heavy atom. The highest BCUT2D eigenvalue weighted by molar-refractivity contribution is 7.71. The van der Waals surface area contributed by atoms with Crippen molar-refractivity contribution in [2.45, 2.75) is 20.3 Å². The number of hydrogen-bond acceptors (Lipinski definition) is 3. The third-order valence-electron chi connectivity index (χ3n) is 2.41. The summed E-state index contributed by atoms with van der Waals surface area (Å²) in [4.78, 5) is 7.65. The number of H-pyrrole nitrogens is 1. The molecule has 2 aromatic heterocycles. The van der Waals surface area contributed by atoms with Crippen molar-refractivity contribution in [3.8, 4) is 11.3 Å². The van der Waals surface area contributed by atoms with Crippen molar-refractivity contribution in [2.24, 2.45) is 13.0 Å². The molecule has 0 radical (unpaired) electrons. The fourth-order valence-corrected chi connectivity index (χ4v) is 1.94. The third-order valence-corrected chi connectivity index (χ3v) is 2.62. The second-order valence-electron chi connectivity index (χ2n) is 4.58. The SMILES string of the molecule is CC(C)Cc1nc(=S)cc(-c2cnn(C)c2)[nH]1. The molecule has 4 nitrogen and oxygen atoms in total. The molecule has 2 heterocycles. The normalized spacial score (nSPS) is 11.1. The van der Waals surface area contributed by atoms with Crippen LogP contribution in [-0.4, -0.2) is 19.7 Å². The first-order valence-corrected chi connectivity index (χ1v) is 6.04. The molecule has 0 unspecified atom stereocenters. The molecule has 0 saturated carbocycles. The van der Waals surface area contributed by atoms with Gasteiger partial charge in [0.2, 0.25) is 0 Å². The lowest BCUT2D eigenvalue weighted by Gasteiger charge is -2.06. The van der Waals surface area contributed by atoms with Crippen molar-refractivity contribution < 1.29 is 0 Å². The van der Waals surface area contributed by atoms with Crippen LogP contribution in [0.15, 0.2) is 18.5 Å². The first-order chi connectivity index (χ1) is 8.04. The quantitative estimate of drug-likeness (QED) is 0.850. The van der Waals surface area contributed by atoms with Crippen LogP contribution in [0.2, 0.25) is 0 Å². The maximum Gasteiger partial charge on any atom is 0.130 e. The molecular formula is C12H16N4S. The molecule has 2 rings (SSSR count). The summed E-state index contributed by atoms with van der Waals surface area (Å²) in [6.07, 6.45) is 4.68. The van der Waals surface area contributed by atoms with E-state index in [2.05, 4.69) is 28.9 Å². The maximum absolute atomic E-state index is 5.19. The summed E-state index contributed by atoms with van der Waals surface area (Å²) in [6.45, 7) is 4.32. The van der Waals surface area contributed by atoms with Crippen molar-refractivity contribution in [1.29, 1.82) is 0 Å². The number of nitrogens with one attached hydrogen (secondary N) is 1. The second kappa shape index (κ2) is 4.79. The number of rotatable bonds is 3. The van der Waals surface area contributed by atoms with Gasteiger partial charge in [0.25, 0.3) is 0 Å².